The molecule has 3 nitrogen and oxygen atoms in total. The van der Waals surface area contributed by atoms with Gasteiger partial charge in [-0.25, -0.2) is 4.98 Å². The highest BCUT2D eigenvalue weighted by molar-refractivity contribution is 7.15. The van der Waals surface area contributed by atoms with Gasteiger partial charge in [0, 0.05) is 23.0 Å². The number of rotatable bonds is 4. The lowest BCUT2D eigenvalue weighted by atomic mass is 10.1. The van der Waals surface area contributed by atoms with E-state index in [9.17, 15) is 13.2 Å². The first-order valence-corrected chi connectivity index (χ1v) is 9.35. The predicted molar refractivity (Wildman–Crippen MR) is 95.7 cm³/mol. The van der Waals surface area contributed by atoms with Crippen LogP contribution in [0.1, 0.15) is 36.6 Å². The zero-order valence-corrected chi connectivity index (χ0v) is 15.3. The third-order valence-electron chi connectivity index (χ3n) is 4.58. The van der Waals surface area contributed by atoms with Crippen LogP contribution in [0.15, 0.2) is 18.2 Å². The molecule has 2 heterocycles. The molecule has 0 spiro atoms. The maximum Gasteiger partial charge on any atom is 0.417 e. The molecule has 0 radical (unpaired) electrons. The first kappa shape index (κ1) is 18.5. The summed E-state index contributed by atoms with van der Waals surface area (Å²) in [7, 11) is 0. The summed E-state index contributed by atoms with van der Waals surface area (Å²) in [4.78, 5) is 7.54. The first-order valence-electron chi connectivity index (χ1n) is 8.16. The Hall–Kier alpha value is -1.31. The average molecular weight is 390 g/mol. The Morgan fingerprint density at radius 1 is 1.40 bits per heavy atom. The fourth-order valence-electron chi connectivity index (χ4n) is 3.34. The van der Waals surface area contributed by atoms with Gasteiger partial charge in [0.15, 0.2) is 5.13 Å². The van der Waals surface area contributed by atoms with Gasteiger partial charge in [-0.3, -0.25) is 4.90 Å². The molecule has 0 saturated carbocycles. The standard InChI is InChI=1S/C17H19ClF3N3S/c1-2-11-4-3-7-24(11)9-14-15(23-16(22)25-14)10-5-6-13(18)12(8-10)17(19,20)21/h5-6,8,11H,2-4,7,9H2,1H3,(H2,22,23)/t11-/m1/s1. The molecule has 8 heteroatoms. The quantitative estimate of drug-likeness (QED) is 0.757. The molecule has 0 amide bonds. The zero-order valence-electron chi connectivity index (χ0n) is 13.7. The third kappa shape index (κ3) is 3.93. The molecule has 1 aromatic heterocycles. The maximum absolute atomic E-state index is 13.1. The molecule has 0 bridgehead atoms. The van der Waals surface area contributed by atoms with Crippen molar-refractivity contribution in [1.29, 1.82) is 0 Å². The van der Waals surface area contributed by atoms with E-state index < -0.39 is 11.7 Å². The van der Waals surface area contributed by atoms with Crippen LogP contribution in [0, 0.1) is 0 Å². The van der Waals surface area contributed by atoms with Crippen molar-refractivity contribution >= 4 is 28.1 Å². The lowest BCUT2D eigenvalue weighted by molar-refractivity contribution is -0.137. The van der Waals surface area contributed by atoms with Crippen molar-refractivity contribution in [3.05, 3.63) is 33.7 Å². The molecule has 1 aliphatic heterocycles. The maximum atomic E-state index is 13.1. The van der Waals surface area contributed by atoms with Crippen molar-refractivity contribution < 1.29 is 13.2 Å². The Kier molecular flexibility index (Phi) is 5.27. The molecular weight excluding hydrogens is 371 g/mol. The number of hydrogen-bond donors (Lipinski definition) is 1. The van der Waals surface area contributed by atoms with Gasteiger partial charge in [-0.05, 0) is 37.9 Å². The van der Waals surface area contributed by atoms with Crippen LogP contribution >= 0.6 is 22.9 Å². The lowest BCUT2D eigenvalue weighted by Gasteiger charge is -2.22. The Morgan fingerprint density at radius 2 is 2.16 bits per heavy atom. The van der Waals surface area contributed by atoms with Crippen LogP contribution in [-0.4, -0.2) is 22.5 Å². The normalized spacial score (nSPS) is 18.8. The van der Waals surface area contributed by atoms with Gasteiger partial charge >= 0.3 is 6.18 Å². The summed E-state index contributed by atoms with van der Waals surface area (Å²) in [5, 5.41) is 0.0485. The number of alkyl halides is 3. The van der Waals surface area contributed by atoms with Crippen LogP contribution in [0.4, 0.5) is 18.3 Å². The van der Waals surface area contributed by atoms with Crippen molar-refractivity contribution in [1.82, 2.24) is 9.88 Å². The van der Waals surface area contributed by atoms with Crippen LogP contribution in [0.25, 0.3) is 11.3 Å². The van der Waals surface area contributed by atoms with E-state index in [0.29, 0.717) is 29.0 Å². The Labute approximate surface area is 153 Å². The van der Waals surface area contributed by atoms with E-state index in [1.807, 2.05) is 0 Å². The zero-order chi connectivity index (χ0) is 18.2. The van der Waals surface area contributed by atoms with E-state index in [-0.39, 0.29) is 5.02 Å². The second-order valence-electron chi connectivity index (χ2n) is 6.19. The number of nitrogens with zero attached hydrogens (tertiary/aromatic N) is 2. The SMILES string of the molecule is CC[C@@H]1CCCN1Cc1sc(N)nc1-c1ccc(Cl)c(C(F)(F)F)c1. The molecule has 0 aliphatic carbocycles. The summed E-state index contributed by atoms with van der Waals surface area (Å²) in [5.74, 6) is 0. The second-order valence-corrected chi connectivity index (χ2v) is 7.71. The number of aromatic nitrogens is 1. The third-order valence-corrected chi connectivity index (χ3v) is 5.77. The highest BCUT2D eigenvalue weighted by Crippen LogP contribution is 2.39. The molecular formula is C17H19ClF3N3S. The Bertz CT molecular complexity index is 760. The van der Waals surface area contributed by atoms with Crippen molar-refractivity contribution in [2.45, 2.75) is 44.9 Å². The molecule has 25 heavy (non-hydrogen) atoms. The monoisotopic (exact) mass is 389 g/mol. The molecule has 1 aliphatic rings. The van der Waals surface area contributed by atoms with Crippen LogP contribution in [-0.2, 0) is 12.7 Å². The van der Waals surface area contributed by atoms with Crippen molar-refractivity contribution in [3.63, 3.8) is 0 Å². The molecule has 2 aromatic rings. The van der Waals surface area contributed by atoms with Crippen LogP contribution < -0.4 is 5.73 Å². The average Bonchev–Trinajstić information content (AvgIpc) is 3.13. The number of nitrogens with two attached hydrogens (primary N) is 1. The number of benzene rings is 1. The first-order chi connectivity index (χ1) is 11.8. The fraction of sp³-hybridized carbons (Fsp3) is 0.471. The van der Waals surface area contributed by atoms with Crippen molar-refractivity contribution in [3.8, 4) is 11.3 Å². The van der Waals surface area contributed by atoms with Gasteiger partial charge in [0.1, 0.15) is 0 Å². The van der Waals surface area contributed by atoms with Gasteiger partial charge in [-0.1, -0.05) is 24.6 Å². The number of halogens is 4. The Balaban J connectivity index is 1.96. The summed E-state index contributed by atoms with van der Waals surface area (Å²) >= 11 is 7.05. The van der Waals surface area contributed by atoms with Crippen LogP contribution in [0.5, 0.6) is 0 Å². The van der Waals surface area contributed by atoms with Gasteiger partial charge in [0.2, 0.25) is 0 Å². The Morgan fingerprint density at radius 3 is 2.84 bits per heavy atom. The fourth-order valence-corrected chi connectivity index (χ4v) is 4.45. The van der Waals surface area contributed by atoms with Gasteiger partial charge in [0.05, 0.1) is 16.3 Å². The largest absolute Gasteiger partial charge is 0.417 e. The number of anilines is 1. The number of thiazole rings is 1. The highest BCUT2D eigenvalue weighted by atomic mass is 35.5. The van der Waals surface area contributed by atoms with Crippen LogP contribution in [0.2, 0.25) is 5.02 Å². The van der Waals surface area contributed by atoms with E-state index in [1.165, 1.54) is 17.4 Å². The van der Waals surface area contributed by atoms with Crippen molar-refractivity contribution in [2.75, 3.05) is 12.3 Å². The minimum Gasteiger partial charge on any atom is -0.375 e. The topological polar surface area (TPSA) is 42.1 Å². The molecule has 0 unspecified atom stereocenters. The molecule has 136 valence electrons. The van der Waals surface area contributed by atoms with Gasteiger partial charge < -0.3 is 5.73 Å². The molecule has 3 rings (SSSR count). The molecule has 1 fully saturated rings. The summed E-state index contributed by atoms with van der Waals surface area (Å²) in [6.45, 7) is 3.80. The van der Waals surface area contributed by atoms with E-state index in [4.69, 9.17) is 17.3 Å². The molecule has 1 aromatic carbocycles. The van der Waals surface area contributed by atoms with Crippen LogP contribution in [0.3, 0.4) is 0 Å². The number of likely N-dealkylation sites (tertiary alicyclic amines) is 1. The summed E-state index contributed by atoms with van der Waals surface area (Å²) in [6.07, 6.45) is -1.15. The minimum atomic E-state index is -4.50. The molecule has 1 saturated heterocycles. The summed E-state index contributed by atoms with van der Waals surface area (Å²) in [6, 6.07) is 4.40. The van der Waals surface area contributed by atoms with Gasteiger partial charge in [0.25, 0.3) is 0 Å². The second kappa shape index (κ2) is 7.13. The van der Waals surface area contributed by atoms with E-state index in [2.05, 4.69) is 16.8 Å². The predicted octanol–water partition coefficient (Wildman–Crippen LogP) is 5.44. The number of hydrogen-bond acceptors (Lipinski definition) is 4. The summed E-state index contributed by atoms with van der Waals surface area (Å²) in [5.41, 5.74) is 5.92. The van der Waals surface area contributed by atoms with E-state index in [0.717, 1.165) is 36.8 Å². The molecule has 1 atom stereocenters. The minimum absolute atomic E-state index is 0.313. The van der Waals surface area contributed by atoms with E-state index >= 15 is 0 Å². The summed E-state index contributed by atoms with van der Waals surface area (Å²) < 4.78 is 39.4. The molecule has 2 N–H and O–H groups in total. The number of nitrogen functional groups attached to an aromatic ring is 1. The highest BCUT2D eigenvalue weighted by Gasteiger charge is 2.34. The van der Waals surface area contributed by atoms with Crippen molar-refractivity contribution in [2.24, 2.45) is 0 Å². The lowest BCUT2D eigenvalue weighted by Crippen LogP contribution is -2.28. The smallest absolute Gasteiger partial charge is 0.375 e. The van der Waals surface area contributed by atoms with Gasteiger partial charge in [-0.2, -0.15) is 13.2 Å². The van der Waals surface area contributed by atoms with Gasteiger partial charge in [-0.15, -0.1) is 11.3 Å². The van der Waals surface area contributed by atoms with E-state index in [1.54, 1.807) is 6.07 Å².